The molecule has 0 aliphatic carbocycles. The minimum Gasteiger partial charge on any atom is -0.690 e. The fraction of sp³-hybridized carbons (Fsp3) is 0.600. The van der Waals surface area contributed by atoms with Crippen LogP contribution in [-0.4, -0.2) is 6.61 Å². The molecule has 0 aromatic carbocycles. The van der Waals surface area contributed by atoms with Crippen molar-refractivity contribution >= 4 is 0 Å². The maximum absolute atomic E-state index is 5.17. The summed E-state index contributed by atoms with van der Waals surface area (Å²) < 4.78 is 5.17. The molecule has 0 unspecified atom stereocenters. The van der Waals surface area contributed by atoms with Gasteiger partial charge < -0.3 is 11.0 Å². The molecule has 0 aromatic rings. The summed E-state index contributed by atoms with van der Waals surface area (Å²) in [5.74, 6) is 0. The van der Waals surface area contributed by atoms with Crippen molar-refractivity contribution < 1.29 is 21.8 Å². The van der Waals surface area contributed by atoms with Crippen molar-refractivity contribution in [2.45, 2.75) is 34.6 Å². The summed E-state index contributed by atoms with van der Waals surface area (Å²) in [4.78, 5) is 0. The van der Waals surface area contributed by atoms with Crippen LogP contribution in [0.5, 0.6) is 0 Å². The zero-order chi connectivity index (χ0) is 8.85. The standard InChI is InChI=1S/C10H17O.Fe/c1-8(2)6-11-7-10(5)9(3)4;/h7H2,1-5H3;/q-1;. The van der Waals surface area contributed by atoms with E-state index in [0.29, 0.717) is 6.61 Å². The fourth-order valence-electron chi connectivity index (χ4n) is 0.433. The molecule has 0 rings (SSSR count). The van der Waals surface area contributed by atoms with E-state index in [9.17, 15) is 0 Å². The summed E-state index contributed by atoms with van der Waals surface area (Å²) in [7, 11) is 0. The molecule has 72 valence electrons. The Kier molecular flexibility index (Phi) is 8.90. The smallest absolute Gasteiger partial charge is 0.0677 e. The quantitative estimate of drug-likeness (QED) is 0.300. The summed E-state index contributed by atoms with van der Waals surface area (Å²) in [5.41, 5.74) is 3.67. The van der Waals surface area contributed by atoms with Gasteiger partial charge in [-0.25, -0.2) is 5.57 Å². The van der Waals surface area contributed by atoms with Crippen molar-refractivity contribution in [3.05, 3.63) is 23.0 Å². The Hall–Kier alpha value is -0.201. The van der Waals surface area contributed by atoms with E-state index in [1.165, 1.54) is 11.1 Å². The second-order valence-corrected chi connectivity index (χ2v) is 3.17. The Bertz CT molecular complexity index is 172. The molecular formula is C10H17FeO-. The third-order valence-electron chi connectivity index (χ3n) is 1.42. The van der Waals surface area contributed by atoms with Gasteiger partial charge in [-0.05, 0) is 26.3 Å². The van der Waals surface area contributed by atoms with Crippen molar-refractivity contribution in [3.8, 4) is 0 Å². The van der Waals surface area contributed by atoms with Crippen LogP contribution in [-0.2, 0) is 21.8 Å². The second-order valence-electron chi connectivity index (χ2n) is 3.17. The number of allylic oxidation sites excluding steroid dienone is 2. The molecule has 0 atom stereocenters. The van der Waals surface area contributed by atoms with Gasteiger partial charge in [-0.15, -0.1) is 0 Å². The van der Waals surface area contributed by atoms with E-state index < -0.39 is 0 Å². The van der Waals surface area contributed by atoms with Gasteiger partial charge in [0.25, 0.3) is 0 Å². The largest absolute Gasteiger partial charge is 0.690 e. The molecule has 0 aliphatic rings. The van der Waals surface area contributed by atoms with Gasteiger partial charge in [-0.1, -0.05) is 19.4 Å². The zero-order valence-corrected chi connectivity index (χ0v) is 9.57. The number of rotatable bonds is 3. The van der Waals surface area contributed by atoms with E-state index >= 15 is 0 Å². The number of hydrogen-bond donors (Lipinski definition) is 0. The monoisotopic (exact) mass is 209 g/mol. The molecule has 0 heterocycles. The minimum absolute atomic E-state index is 0. The van der Waals surface area contributed by atoms with Crippen molar-refractivity contribution in [2.24, 2.45) is 0 Å². The first kappa shape index (κ1) is 14.3. The summed E-state index contributed by atoms with van der Waals surface area (Å²) in [6, 6.07) is 0. The maximum Gasteiger partial charge on any atom is 0.0677 e. The molecule has 0 radical (unpaired) electrons. The van der Waals surface area contributed by atoms with Crippen molar-refractivity contribution in [2.75, 3.05) is 6.61 Å². The van der Waals surface area contributed by atoms with E-state index in [2.05, 4.69) is 27.0 Å². The predicted molar refractivity (Wildman–Crippen MR) is 48.1 cm³/mol. The van der Waals surface area contributed by atoms with Gasteiger partial charge in [0.15, 0.2) is 0 Å². The van der Waals surface area contributed by atoms with Gasteiger partial charge in [-0.3, -0.25) is 0 Å². The van der Waals surface area contributed by atoms with Gasteiger partial charge in [0.1, 0.15) is 0 Å². The Morgan fingerprint density at radius 1 is 1.08 bits per heavy atom. The van der Waals surface area contributed by atoms with Crippen molar-refractivity contribution in [3.63, 3.8) is 0 Å². The topological polar surface area (TPSA) is 9.23 Å². The van der Waals surface area contributed by atoms with E-state index in [0.717, 1.165) is 5.57 Å². The summed E-state index contributed by atoms with van der Waals surface area (Å²) in [5, 5.41) is 0. The third kappa shape index (κ3) is 7.90. The van der Waals surface area contributed by atoms with E-state index in [4.69, 9.17) is 4.74 Å². The maximum atomic E-state index is 5.17. The van der Waals surface area contributed by atoms with Gasteiger partial charge in [0.05, 0.1) is 6.61 Å². The Balaban J connectivity index is 0. The predicted octanol–water partition coefficient (Wildman–Crippen LogP) is 3.08. The Morgan fingerprint density at radius 2 is 1.58 bits per heavy atom. The third-order valence-corrected chi connectivity index (χ3v) is 1.42. The number of hydrogen-bond acceptors (Lipinski definition) is 1. The molecule has 0 aliphatic heterocycles. The van der Waals surface area contributed by atoms with Crippen LogP contribution < -0.4 is 0 Å². The second kappa shape index (κ2) is 7.45. The molecule has 0 spiro atoms. The van der Waals surface area contributed by atoms with Crippen molar-refractivity contribution in [1.82, 2.24) is 0 Å². The first-order valence-corrected chi connectivity index (χ1v) is 3.85. The molecule has 0 saturated carbocycles. The fourth-order valence-corrected chi connectivity index (χ4v) is 0.433. The first-order valence-electron chi connectivity index (χ1n) is 3.85. The SMILES string of the molecule is CC(C)=[C-]OCC(C)=C(C)C.[Fe]. The number of ether oxygens (including phenoxy) is 1. The average Bonchev–Trinajstić information content (AvgIpc) is 1.86. The molecule has 1 nitrogen and oxygen atoms in total. The van der Waals surface area contributed by atoms with Crippen LogP contribution in [0.4, 0.5) is 0 Å². The summed E-state index contributed by atoms with van der Waals surface area (Å²) in [6.07, 6.45) is 2.81. The average molecular weight is 209 g/mol. The van der Waals surface area contributed by atoms with Crippen LogP contribution in [0.1, 0.15) is 34.6 Å². The van der Waals surface area contributed by atoms with E-state index in [1.807, 2.05) is 13.8 Å². The van der Waals surface area contributed by atoms with Gasteiger partial charge >= 0.3 is 0 Å². The normalized spacial score (nSPS) is 8.08. The molecular weight excluding hydrogens is 192 g/mol. The van der Waals surface area contributed by atoms with Crippen LogP contribution in [0.3, 0.4) is 0 Å². The van der Waals surface area contributed by atoms with Gasteiger partial charge in [0.2, 0.25) is 0 Å². The van der Waals surface area contributed by atoms with Crippen LogP contribution in [0.15, 0.2) is 16.7 Å². The van der Waals surface area contributed by atoms with Crippen molar-refractivity contribution in [1.29, 1.82) is 0 Å². The van der Waals surface area contributed by atoms with E-state index in [-0.39, 0.29) is 17.1 Å². The van der Waals surface area contributed by atoms with Crippen LogP contribution in [0, 0.1) is 6.26 Å². The van der Waals surface area contributed by atoms with Crippen LogP contribution in [0.25, 0.3) is 0 Å². The molecule has 12 heavy (non-hydrogen) atoms. The van der Waals surface area contributed by atoms with Crippen LogP contribution in [0.2, 0.25) is 0 Å². The van der Waals surface area contributed by atoms with E-state index in [1.54, 1.807) is 0 Å². The molecule has 0 saturated heterocycles. The minimum atomic E-state index is 0. The molecule has 0 N–H and O–H groups in total. The van der Waals surface area contributed by atoms with Gasteiger partial charge in [-0.2, -0.15) is 0 Å². The summed E-state index contributed by atoms with van der Waals surface area (Å²) >= 11 is 0. The zero-order valence-electron chi connectivity index (χ0n) is 8.47. The Labute approximate surface area is 86.4 Å². The Morgan fingerprint density at radius 3 is 1.92 bits per heavy atom. The molecule has 2 heteroatoms. The molecule has 0 bridgehead atoms. The molecule has 0 fully saturated rings. The first-order chi connectivity index (χ1) is 5.04. The van der Waals surface area contributed by atoms with Crippen LogP contribution >= 0.6 is 0 Å². The van der Waals surface area contributed by atoms with Gasteiger partial charge in [0, 0.05) is 17.1 Å². The summed E-state index contributed by atoms with van der Waals surface area (Å²) in [6.45, 7) is 10.8. The molecule has 0 aromatic heterocycles. The molecule has 0 amide bonds.